The maximum atomic E-state index is 12.5. The molecule has 0 saturated heterocycles. The molecule has 1 amide bonds. The van der Waals surface area contributed by atoms with Crippen molar-refractivity contribution in [3.63, 3.8) is 0 Å². The van der Waals surface area contributed by atoms with Crippen molar-refractivity contribution in [3.05, 3.63) is 35.7 Å². The summed E-state index contributed by atoms with van der Waals surface area (Å²) in [4.78, 5) is 21.2. The first-order valence-electron chi connectivity index (χ1n) is 8.08. The topological polar surface area (TPSA) is 90.6 Å². The van der Waals surface area contributed by atoms with Crippen LogP contribution in [0.5, 0.6) is 11.5 Å². The minimum Gasteiger partial charge on any atom is -0.454 e. The average molecular weight is 371 g/mol. The van der Waals surface area contributed by atoms with Crippen molar-refractivity contribution in [2.24, 2.45) is 0 Å². The van der Waals surface area contributed by atoms with E-state index in [-0.39, 0.29) is 18.0 Å². The number of nitrogens with zero attached hydrogens (tertiary/aromatic N) is 4. The van der Waals surface area contributed by atoms with E-state index in [2.05, 4.69) is 20.4 Å². The Morgan fingerprint density at radius 3 is 2.88 bits per heavy atom. The zero-order chi connectivity index (χ0) is 18.3. The molecule has 2 aromatic heterocycles. The van der Waals surface area contributed by atoms with Crippen LogP contribution in [-0.4, -0.2) is 37.5 Å². The second kappa shape index (κ2) is 6.49. The molecule has 0 spiro atoms. The maximum absolute atomic E-state index is 12.5. The van der Waals surface area contributed by atoms with Crippen molar-refractivity contribution in [1.82, 2.24) is 19.6 Å². The summed E-state index contributed by atoms with van der Waals surface area (Å²) in [6.45, 7) is 5.87. The molecule has 9 heteroatoms. The van der Waals surface area contributed by atoms with Gasteiger partial charge >= 0.3 is 0 Å². The fourth-order valence-corrected chi connectivity index (χ4v) is 3.37. The molecular weight excluding hydrogens is 354 g/mol. The number of thioether (sulfide) groups is 1. The lowest BCUT2D eigenvalue weighted by molar-refractivity contribution is -0.115. The van der Waals surface area contributed by atoms with Crippen LogP contribution in [0.1, 0.15) is 18.3 Å². The quantitative estimate of drug-likeness (QED) is 0.705. The first kappa shape index (κ1) is 16.6. The third-order valence-electron chi connectivity index (χ3n) is 3.89. The van der Waals surface area contributed by atoms with E-state index < -0.39 is 0 Å². The molecule has 3 aromatic rings. The van der Waals surface area contributed by atoms with E-state index in [1.807, 2.05) is 26.8 Å². The predicted octanol–water partition coefficient (Wildman–Crippen LogP) is 2.59. The molecule has 134 valence electrons. The summed E-state index contributed by atoms with van der Waals surface area (Å²) in [5.41, 5.74) is 2.49. The van der Waals surface area contributed by atoms with Gasteiger partial charge in [-0.3, -0.25) is 4.79 Å². The first-order chi connectivity index (χ1) is 12.5. The summed E-state index contributed by atoms with van der Waals surface area (Å²) < 4.78 is 12.3. The molecule has 26 heavy (non-hydrogen) atoms. The molecular formula is C17H17N5O3S. The van der Waals surface area contributed by atoms with Crippen molar-refractivity contribution < 1.29 is 14.3 Å². The highest BCUT2D eigenvalue weighted by Crippen LogP contribution is 2.34. The van der Waals surface area contributed by atoms with Crippen LogP contribution < -0.4 is 14.8 Å². The normalized spacial score (nSPS) is 13.8. The van der Waals surface area contributed by atoms with E-state index in [1.54, 1.807) is 22.7 Å². The SMILES string of the molecule is Cc1cc(C)n2nc(SC(C)C(=O)Nc3ccc4c(c3)OCO4)nc2n1. The van der Waals surface area contributed by atoms with Crippen molar-refractivity contribution in [2.75, 3.05) is 12.1 Å². The number of anilines is 1. The van der Waals surface area contributed by atoms with Gasteiger partial charge in [0, 0.05) is 23.1 Å². The van der Waals surface area contributed by atoms with Gasteiger partial charge in [-0.2, -0.15) is 4.98 Å². The molecule has 0 saturated carbocycles. The second-order valence-corrected chi connectivity index (χ2v) is 7.27. The summed E-state index contributed by atoms with van der Waals surface area (Å²) in [7, 11) is 0. The minimum atomic E-state index is -0.376. The highest BCUT2D eigenvalue weighted by molar-refractivity contribution is 8.00. The number of carbonyl (C=O) groups excluding carboxylic acids is 1. The molecule has 1 aromatic carbocycles. The molecule has 0 aliphatic carbocycles. The lowest BCUT2D eigenvalue weighted by atomic mass is 10.2. The molecule has 1 unspecified atom stereocenters. The molecule has 3 heterocycles. The van der Waals surface area contributed by atoms with Gasteiger partial charge < -0.3 is 14.8 Å². The van der Waals surface area contributed by atoms with Crippen molar-refractivity contribution in [3.8, 4) is 11.5 Å². The van der Waals surface area contributed by atoms with Gasteiger partial charge in [0.05, 0.1) is 5.25 Å². The number of fused-ring (bicyclic) bond motifs is 2. The van der Waals surface area contributed by atoms with Gasteiger partial charge in [0.15, 0.2) is 11.5 Å². The Morgan fingerprint density at radius 1 is 1.23 bits per heavy atom. The fourth-order valence-electron chi connectivity index (χ4n) is 2.63. The van der Waals surface area contributed by atoms with Gasteiger partial charge in [-0.1, -0.05) is 11.8 Å². The van der Waals surface area contributed by atoms with Crippen LogP contribution in [0, 0.1) is 13.8 Å². The van der Waals surface area contributed by atoms with E-state index in [1.165, 1.54) is 11.8 Å². The number of benzene rings is 1. The molecule has 0 bridgehead atoms. The molecule has 0 radical (unpaired) electrons. The summed E-state index contributed by atoms with van der Waals surface area (Å²) >= 11 is 1.29. The molecule has 1 aliphatic heterocycles. The Kier molecular flexibility index (Phi) is 4.15. The third-order valence-corrected chi connectivity index (χ3v) is 4.84. The largest absolute Gasteiger partial charge is 0.454 e. The van der Waals surface area contributed by atoms with Crippen LogP contribution in [0.25, 0.3) is 5.78 Å². The molecule has 4 rings (SSSR count). The van der Waals surface area contributed by atoms with Crippen LogP contribution in [0.15, 0.2) is 29.4 Å². The van der Waals surface area contributed by atoms with Gasteiger partial charge in [-0.25, -0.2) is 9.50 Å². The number of aryl methyl sites for hydroxylation is 2. The van der Waals surface area contributed by atoms with Crippen LogP contribution in [0.4, 0.5) is 5.69 Å². The molecule has 1 atom stereocenters. The molecule has 8 nitrogen and oxygen atoms in total. The van der Waals surface area contributed by atoms with Crippen LogP contribution in [0.2, 0.25) is 0 Å². The second-order valence-electron chi connectivity index (χ2n) is 5.96. The summed E-state index contributed by atoms with van der Waals surface area (Å²) in [6.07, 6.45) is 0. The Hall–Kier alpha value is -2.81. The number of carbonyl (C=O) groups is 1. The number of rotatable bonds is 4. The van der Waals surface area contributed by atoms with Crippen LogP contribution in [-0.2, 0) is 4.79 Å². The molecule has 0 fully saturated rings. The third kappa shape index (κ3) is 3.17. The van der Waals surface area contributed by atoms with Gasteiger partial charge in [0.1, 0.15) is 0 Å². The predicted molar refractivity (Wildman–Crippen MR) is 96.8 cm³/mol. The summed E-state index contributed by atoms with van der Waals surface area (Å²) in [5.74, 6) is 1.70. The Balaban J connectivity index is 1.46. The average Bonchev–Trinajstić information content (AvgIpc) is 3.20. The van der Waals surface area contributed by atoms with Gasteiger partial charge in [0.2, 0.25) is 17.9 Å². The number of amides is 1. The van der Waals surface area contributed by atoms with E-state index in [4.69, 9.17) is 9.47 Å². The lowest BCUT2D eigenvalue weighted by Crippen LogP contribution is -2.22. The summed E-state index contributed by atoms with van der Waals surface area (Å²) in [6, 6.07) is 7.24. The highest BCUT2D eigenvalue weighted by atomic mass is 32.2. The molecule has 1 N–H and O–H groups in total. The number of aromatic nitrogens is 4. The van der Waals surface area contributed by atoms with Crippen LogP contribution >= 0.6 is 11.8 Å². The lowest BCUT2D eigenvalue weighted by Gasteiger charge is -2.10. The smallest absolute Gasteiger partial charge is 0.253 e. The van der Waals surface area contributed by atoms with Crippen LogP contribution in [0.3, 0.4) is 0 Å². The standard InChI is InChI=1S/C17H17N5O3S/c1-9-6-10(2)22-16(18-9)20-17(21-22)26-11(3)15(23)19-12-4-5-13-14(7-12)25-8-24-13/h4-7,11H,8H2,1-3H3,(H,19,23). The zero-order valence-electron chi connectivity index (χ0n) is 14.5. The number of ether oxygens (including phenoxy) is 2. The van der Waals surface area contributed by atoms with E-state index in [9.17, 15) is 4.79 Å². The van der Waals surface area contributed by atoms with Gasteiger partial charge in [0.25, 0.3) is 5.78 Å². The van der Waals surface area contributed by atoms with E-state index >= 15 is 0 Å². The Bertz CT molecular complexity index is 1000. The summed E-state index contributed by atoms with van der Waals surface area (Å²) in [5, 5.41) is 7.43. The minimum absolute atomic E-state index is 0.145. The number of hydrogen-bond acceptors (Lipinski definition) is 7. The van der Waals surface area contributed by atoms with E-state index in [0.29, 0.717) is 28.1 Å². The van der Waals surface area contributed by atoms with Crippen molar-refractivity contribution >= 4 is 29.1 Å². The monoisotopic (exact) mass is 371 g/mol. The van der Waals surface area contributed by atoms with Gasteiger partial charge in [-0.05, 0) is 39.0 Å². The fraction of sp³-hybridized carbons (Fsp3) is 0.294. The van der Waals surface area contributed by atoms with Crippen molar-refractivity contribution in [1.29, 1.82) is 0 Å². The highest BCUT2D eigenvalue weighted by Gasteiger charge is 2.20. The Morgan fingerprint density at radius 2 is 2.04 bits per heavy atom. The molecule has 1 aliphatic rings. The number of nitrogens with one attached hydrogen (secondary N) is 1. The maximum Gasteiger partial charge on any atom is 0.253 e. The first-order valence-corrected chi connectivity index (χ1v) is 8.96. The van der Waals surface area contributed by atoms with E-state index in [0.717, 1.165) is 11.4 Å². The Labute approximate surface area is 153 Å². The van der Waals surface area contributed by atoms with Crippen molar-refractivity contribution in [2.45, 2.75) is 31.2 Å². The number of hydrogen-bond donors (Lipinski definition) is 1. The zero-order valence-corrected chi connectivity index (χ0v) is 15.3. The van der Waals surface area contributed by atoms with Gasteiger partial charge in [-0.15, -0.1) is 5.10 Å².